The molecule has 0 bridgehead atoms. The topological polar surface area (TPSA) is 46.2 Å². The molecule has 0 aliphatic heterocycles. The molecule has 0 saturated carbocycles. The van der Waals surface area contributed by atoms with Gasteiger partial charge < -0.3 is 0 Å². The number of anilines is 1. The molecule has 1 heterocycles. The van der Waals surface area contributed by atoms with Crippen LogP contribution >= 0.6 is 66.4 Å². The summed E-state index contributed by atoms with van der Waals surface area (Å²) in [7, 11) is -3.67. The van der Waals surface area contributed by atoms with Crippen molar-refractivity contribution in [1.82, 2.24) is 0 Å². The molecule has 19 heavy (non-hydrogen) atoms. The lowest BCUT2D eigenvalue weighted by atomic mass is 10.3. The first-order valence-corrected chi connectivity index (χ1v) is 9.36. The van der Waals surface area contributed by atoms with Crippen molar-refractivity contribution in [2.45, 2.75) is 4.21 Å². The number of hydrogen-bond acceptors (Lipinski definition) is 3. The van der Waals surface area contributed by atoms with Crippen LogP contribution in [0.2, 0.25) is 10.0 Å². The largest absolute Gasteiger partial charge is 0.278 e. The van der Waals surface area contributed by atoms with Crippen molar-refractivity contribution in [3.63, 3.8) is 0 Å². The number of rotatable bonds is 3. The zero-order valence-electron chi connectivity index (χ0n) is 8.95. The molecule has 1 aromatic carbocycles. The molecule has 0 atom stereocenters. The van der Waals surface area contributed by atoms with E-state index < -0.39 is 10.0 Å². The number of halogens is 4. The minimum atomic E-state index is -3.67. The molecule has 1 N–H and O–H groups in total. The molecule has 2 aromatic rings. The van der Waals surface area contributed by atoms with E-state index in [9.17, 15) is 8.42 Å². The molecule has 0 saturated heterocycles. The highest BCUT2D eigenvalue weighted by Crippen LogP contribution is 2.36. The van der Waals surface area contributed by atoms with Gasteiger partial charge in [0, 0.05) is 9.50 Å². The quantitative estimate of drug-likeness (QED) is 0.661. The van der Waals surface area contributed by atoms with E-state index in [1.165, 1.54) is 6.07 Å². The van der Waals surface area contributed by atoms with Crippen molar-refractivity contribution >= 4 is 82.1 Å². The lowest BCUT2D eigenvalue weighted by Crippen LogP contribution is -2.11. The standard InChI is InChI=1S/C10H5Br2Cl2NO2S2/c11-6-3-5(13)1-2-8(6)15-19(16,17)9-4-7(14)10(12)18-9/h1-4,15H. The van der Waals surface area contributed by atoms with Crippen LogP contribution < -0.4 is 4.72 Å². The number of benzene rings is 1. The van der Waals surface area contributed by atoms with Crippen LogP contribution in [0.15, 0.2) is 36.7 Å². The van der Waals surface area contributed by atoms with Crippen LogP contribution in [0.5, 0.6) is 0 Å². The molecule has 1 aromatic heterocycles. The van der Waals surface area contributed by atoms with Gasteiger partial charge >= 0.3 is 0 Å². The Morgan fingerprint density at radius 1 is 1.16 bits per heavy atom. The molecular formula is C10H5Br2Cl2NO2S2. The molecular weight excluding hydrogens is 461 g/mol. The molecule has 0 aliphatic rings. The fraction of sp³-hybridized carbons (Fsp3) is 0. The zero-order valence-corrected chi connectivity index (χ0v) is 15.3. The van der Waals surface area contributed by atoms with E-state index in [1.54, 1.807) is 18.2 Å². The van der Waals surface area contributed by atoms with Gasteiger partial charge in [0.2, 0.25) is 0 Å². The van der Waals surface area contributed by atoms with Crippen LogP contribution in [0.25, 0.3) is 0 Å². The van der Waals surface area contributed by atoms with Crippen LogP contribution in [-0.2, 0) is 10.0 Å². The fourth-order valence-corrected chi connectivity index (χ4v) is 5.62. The van der Waals surface area contributed by atoms with Crippen LogP contribution in [0, 0.1) is 0 Å². The third kappa shape index (κ3) is 3.65. The van der Waals surface area contributed by atoms with Gasteiger partial charge in [0.25, 0.3) is 10.0 Å². The Morgan fingerprint density at radius 3 is 2.37 bits per heavy atom. The minimum absolute atomic E-state index is 0.131. The first-order valence-electron chi connectivity index (χ1n) is 4.72. The van der Waals surface area contributed by atoms with Gasteiger partial charge in [-0.05, 0) is 56.1 Å². The summed E-state index contributed by atoms with van der Waals surface area (Å²) in [4.78, 5) is 0. The van der Waals surface area contributed by atoms with E-state index in [1.807, 2.05) is 0 Å². The molecule has 0 unspecified atom stereocenters. The highest BCUT2D eigenvalue weighted by molar-refractivity contribution is 9.11. The first-order chi connectivity index (χ1) is 8.79. The predicted octanol–water partition coefficient (Wildman–Crippen LogP) is 5.38. The molecule has 9 heteroatoms. The van der Waals surface area contributed by atoms with Gasteiger partial charge in [-0.2, -0.15) is 0 Å². The van der Waals surface area contributed by atoms with Crippen LogP contribution in [0.1, 0.15) is 0 Å². The third-order valence-electron chi connectivity index (χ3n) is 2.06. The fourth-order valence-electron chi connectivity index (χ4n) is 1.23. The second-order valence-electron chi connectivity index (χ2n) is 3.42. The first kappa shape index (κ1) is 15.6. The Labute approximate surface area is 141 Å². The molecule has 0 fully saturated rings. The highest BCUT2D eigenvalue weighted by Gasteiger charge is 2.20. The van der Waals surface area contributed by atoms with E-state index in [-0.39, 0.29) is 4.21 Å². The molecule has 2 rings (SSSR count). The Balaban J connectivity index is 2.36. The van der Waals surface area contributed by atoms with Crippen molar-refractivity contribution < 1.29 is 8.42 Å². The maximum absolute atomic E-state index is 12.2. The summed E-state index contributed by atoms with van der Waals surface area (Å²) in [6.45, 7) is 0. The van der Waals surface area contributed by atoms with E-state index >= 15 is 0 Å². The highest BCUT2D eigenvalue weighted by atomic mass is 79.9. The van der Waals surface area contributed by atoms with E-state index in [0.717, 1.165) is 11.3 Å². The zero-order chi connectivity index (χ0) is 14.2. The van der Waals surface area contributed by atoms with E-state index in [2.05, 4.69) is 36.6 Å². The lowest BCUT2D eigenvalue weighted by Gasteiger charge is -2.08. The van der Waals surface area contributed by atoms with Crippen LogP contribution in [0.3, 0.4) is 0 Å². The molecule has 0 amide bonds. The third-order valence-corrected chi connectivity index (χ3v) is 7.27. The number of nitrogens with one attached hydrogen (secondary N) is 1. The van der Waals surface area contributed by atoms with Crippen molar-refractivity contribution in [3.05, 3.63) is 42.6 Å². The Morgan fingerprint density at radius 2 is 1.84 bits per heavy atom. The normalized spacial score (nSPS) is 11.6. The summed E-state index contributed by atoms with van der Waals surface area (Å²) in [5.41, 5.74) is 0.407. The predicted molar refractivity (Wildman–Crippen MR) is 87.0 cm³/mol. The SMILES string of the molecule is O=S(=O)(Nc1ccc(Cl)cc1Br)c1cc(Cl)c(Br)s1. The van der Waals surface area contributed by atoms with Gasteiger partial charge in [-0.3, -0.25) is 4.72 Å². The maximum atomic E-state index is 12.2. The van der Waals surface area contributed by atoms with Crippen molar-refractivity contribution in [1.29, 1.82) is 0 Å². The van der Waals surface area contributed by atoms with Gasteiger partial charge in [-0.25, -0.2) is 8.42 Å². The van der Waals surface area contributed by atoms with Gasteiger partial charge in [-0.1, -0.05) is 23.2 Å². The van der Waals surface area contributed by atoms with Gasteiger partial charge in [-0.15, -0.1) is 11.3 Å². The average Bonchev–Trinajstić information content (AvgIpc) is 2.64. The van der Waals surface area contributed by atoms with Gasteiger partial charge in [0.15, 0.2) is 0 Å². The van der Waals surface area contributed by atoms with E-state index in [4.69, 9.17) is 23.2 Å². The lowest BCUT2D eigenvalue weighted by molar-refractivity contribution is 0.603. The Bertz CT molecular complexity index is 712. The summed E-state index contributed by atoms with van der Waals surface area (Å²) in [5.74, 6) is 0. The summed E-state index contributed by atoms with van der Waals surface area (Å²) in [5, 5.41) is 0.872. The van der Waals surface area contributed by atoms with Crippen molar-refractivity contribution in [3.8, 4) is 0 Å². The maximum Gasteiger partial charge on any atom is 0.271 e. The second-order valence-corrected chi connectivity index (χ2v) is 9.39. The molecule has 0 aliphatic carbocycles. The van der Waals surface area contributed by atoms with Crippen LogP contribution in [0.4, 0.5) is 5.69 Å². The molecule has 0 spiro atoms. The summed E-state index contributed by atoms with van der Waals surface area (Å²) in [6.07, 6.45) is 0. The molecule has 3 nitrogen and oxygen atoms in total. The number of hydrogen-bond donors (Lipinski definition) is 1. The van der Waals surface area contributed by atoms with Crippen molar-refractivity contribution in [2.75, 3.05) is 4.72 Å². The Kier molecular flexibility index (Phi) is 4.85. The molecule has 102 valence electrons. The smallest absolute Gasteiger partial charge is 0.271 e. The summed E-state index contributed by atoms with van der Waals surface area (Å²) in [6, 6.07) is 6.18. The van der Waals surface area contributed by atoms with Gasteiger partial charge in [0.1, 0.15) is 4.21 Å². The minimum Gasteiger partial charge on any atom is -0.278 e. The van der Waals surface area contributed by atoms with E-state index in [0.29, 0.717) is 24.0 Å². The van der Waals surface area contributed by atoms with Crippen LogP contribution in [-0.4, -0.2) is 8.42 Å². The second kappa shape index (κ2) is 5.91. The summed E-state index contributed by atoms with van der Waals surface area (Å²) >= 11 is 19.1. The van der Waals surface area contributed by atoms with Crippen molar-refractivity contribution in [2.24, 2.45) is 0 Å². The molecule has 0 radical (unpaired) electrons. The average molecular weight is 466 g/mol. The monoisotopic (exact) mass is 463 g/mol. The number of sulfonamides is 1. The van der Waals surface area contributed by atoms with Gasteiger partial charge in [0.05, 0.1) is 14.5 Å². The number of thiophene rings is 1. The summed E-state index contributed by atoms with van der Waals surface area (Å²) < 4.78 is 28.1. The Hall–Kier alpha value is 0.210.